The molecule has 2 aliphatic rings. The first-order valence-electron chi connectivity index (χ1n) is 10.8. The Balaban J connectivity index is 1.65. The van der Waals surface area contributed by atoms with Crippen LogP contribution in [0.3, 0.4) is 0 Å². The molecule has 0 N–H and O–H groups in total. The molecule has 0 aromatic carbocycles. The molecule has 24 heavy (non-hydrogen) atoms. The zero-order valence-corrected chi connectivity index (χ0v) is 16.4. The summed E-state index contributed by atoms with van der Waals surface area (Å²) in [6.45, 7) is 7.22. The number of carbonyl (C=O) groups is 1. The molecule has 0 heterocycles. The van der Waals surface area contributed by atoms with E-state index in [4.69, 9.17) is 4.74 Å². The van der Waals surface area contributed by atoms with Gasteiger partial charge in [0.2, 0.25) is 0 Å². The fraction of sp³-hybridized carbons (Fsp3) is 0.955. The molecule has 0 spiro atoms. The van der Waals surface area contributed by atoms with E-state index in [2.05, 4.69) is 20.8 Å². The molecule has 0 aromatic heterocycles. The number of ether oxygens (including phenoxy) is 1. The van der Waals surface area contributed by atoms with E-state index in [1.807, 2.05) is 0 Å². The number of hydrogen-bond acceptors (Lipinski definition) is 2. The molecule has 2 rings (SSSR count). The predicted molar refractivity (Wildman–Crippen MR) is 101 cm³/mol. The number of unbranched alkanes of at least 4 members (excludes halogenated alkanes) is 1. The Morgan fingerprint density at radius 3 is 2.08 bits per heavy atom. The molecule has 2 saturated carbocycles. The van der Waals surface area contributed by atoms with Crippen molar-refractivity contribution in [3.05, 3.63) is 0 Å². The predicted octanol–water partition coefficient (Wildman–Crippen LogP) is 6.38. The van der Waals surface area contributed by atoms with E-state index in [1.165, 1.54) is 57.8 Å². The van der Waals surface area contributed by atoms with Crippen molar-refractivity contribution in [3.8, 4) is 0 Å². The van der Waals surface area contributed by atoms with Crippen LogP contribution in [-0.4, -0.2) is 12.6 Å². The lowest BCUT2D eigenvalue weighted by molar-refractivity contribution is -0.151. The molecule has 2 heteroatoms. The van der Waals surface area contributed by atoms with Gasteiger partial charge in [-0.25, -0.2) is 0 Å². The molecular formula is C22H40O2. The van der Waals surface area contributed by atoms with Crippen LogP contribution in [-0.2, 0) is 9.53 Å². The summed E-state index contributed by atoms with van der Waals surface area (Å²) in [5.74, 6) is 3.60. The maximum atomic E-state index is 12.2. The van der Waals surface area contributed by atoms with E-state index < -0.39 is 0 Å². The molecule has 1 unspecified atom stereocenters. The monoisotopic (exact) mass is 336 g/mol. The van der Waals surface area contributed by atoms with Crippen LogP contribution < -0.4 is 0 Å². The summed E-state index contributed by atoms with van der Waals surface area (Å²) < 4.78 is 5.53. The average molecular weight is 337 g/mol. The highest BCUT2D eigenvalue weighted by atomic mass is 16.5. The summed E-state index contributed by atoms with van der Waals surface area (Å²) >= 11 is 0. The molecule has 0 radical (unpaired) electrons. The maximum absolute atomic E-state index is 12.2. The Labute approximate surface area is 150 Å². The van der Waals surface area contributed by atoms with E-state index in [0.717, 1.165) is 37.0 Å². The van der Waals surface area contributed by atoms with Gasteiger partial charge >= 0.3 is 5.97 Å². The normalized spacial score (nSPS) is 32.3. The van der Waals surface area contributed by atoms with Crippen molar-refractivity contribution in [3.63, 3.8) is 0 Å². The summed E-state index contributed by atoms with van der Waals surface area (Å²) in [7, 11) is 0. The summed E-state index contributed by atoms with van der Waals surface area (Å²) in [4.78, 5) is 12.2. The SMILES string of the molecule is CCCCC1CCC(C2CCC(C(=O)OCC(C)CC)CC2)CC1. The molecule has 0 bridgehead atoms. The summed E-state index contributed by atoms with van der Waals surface area (Å²) in [6, 6.07) is 0. The highest BCUT2D eigenvalue weighted by Crippen LogP contribution is 2.42. The van der Waals surface area contributed by atoms with Gasteiger partial charge < -0.3 is 4.74 Å². The zero-order valence-electron chi connectivity index (χ0n) is 16.4. The van der Waals surface area contributed by atoms with Crippen molar-refractivity contribution in [1.29, 1.82) is 0 Å². The first-order valence-corrected chi connectivity index (χ1v) is 10.8. The van der Waals surface area contributed by atoms with E-state index in [-0.39, 0.29) is 11.9 Å². The van der Waals surface area contributed by atoms with Gasteiger partial charge in [-0.1, -0.05) is 59.3 Å². The molecular weight excluding hydrogens is 296 g/mol. The minimum atomic E-state index is 0.0806. The third-order valence-electron chi connectivity index (χ3n) is 6.84. The molecule has 1 atom stereocenters. The standard InChI is InChI=1S/C22H40O2/c1-4-6-7-18-8-10-19(11-9-18)20-12-14-21(15-13-20)22(23)24-16-17(3)5-2/h17-21H,4-16H2,1-3H3. The van der Waals surface area contributed by atoms with Crippen molar-refractivity contribution in [2.45, 2.75) is 97.8 Å². The molecule has 0 amide bonds. The number of esters is 1. The number of carbonyl (C=O) groups excluding carboxylic acids is 1. The molecule has 2 fully saturated rings. The van der Waals surface area contributed by atoms with Gasteiger partial charge in [-0.05, 0) is 62.2 Å². The molecule has 140 valence electrons. The summed E-state index contributed by atoms with van der Waals surface area (Å²) in [6.07, 6.45) is 15.8. The lowest BCUT2D eigenvalue weighted by Crippen LogP contribution is -2.29. The fourth-order valence-electron chi connectivity index (χ4n) is 4.73. The largest absolute Gasteiger partial charge is 0.465 e. The van der Waals surface area contributed by atoms with Gasteiger partial charge in [0.05, 0.1) is 12.5 Å². The van der Waals surface area contributed by atoms with Crippen LogP contribution in [0.4, 0.5) is 0 Å². The van der Waals surface area contributed by atoms with Crippen LogP contribution in [0.15, 0.2) is 0 Å². The lowest BCUT2D eigenvalue weighted by atomic mass is 9.68. The minimum Gasteiger partial charge on any atom is -0.465 e. The van der Waals surface area contributed by atoms with E-state index in [0.29, 0.717) is 12.5 Å². The number of rotatable bonds is 8. The van der Waals surface area contributed by atoms with Crippen molar-refractivity contribution in [2.24, 2.45) is 29.6 Å². The topological polar surface area (TPSA) is 26.3 Å². The number of hydrogen-bond donors (Lipinski definition) is 0. The van der Waals surface area contributed by atoms with Crippen molar-refractivity contribution in [1.82, 2.24) is 0 Å². The Morgan fingerprint density at radius 1 is 0.958 bits per heavy atom. The van der Waals surface area contributed by atoms with Crippen LogP contribution >= 0.6 is 0 Å². The quantitative estimate of drug-likeness (QED) is 0.481. The fourth-order valence-corrected chi connectivity index (χ4v) is 4.73. The zero-order chi connectivity index (χ0) is 17.4. The Morgan fingerprint density at radius 2 is 1.54 bits per heavy atom. The van der Waals surface area contributed by atoms with Crippen LogP contribution in [0.2, 0.25) is 0 Å². The molecule has 0 saturated heterocycles. The second kappa shape index (κ2) is 10.5. The Hall–Kier alpha value is -0.530. The molecule has 0 aliphatic heterocycles. The van der Waals surface area contributed by atoms with E-state index in [1.54, 1.807) is 0 Å². The third-order valence-corrected chi connectivity index (χ3v) is 6.84. The van der Waals surface area contributed by atoms with Crippen LogP contribution in [0, 0.1) is 29.6 Å². The highest BCUT2D eigenvalue weighted by Gasteiger charge is 2.33. The van der Waals surface area contributed by atoms with Gasteiger partial charge in [0.1, 0.15) is 0 Å². The molecule has 2 aliphatic carbocycles. The van der Waals surface area contributed by atoms with Gasteiger partial charge in [-0.2, -0.15) is 0 Å². The first kappa shape index (κ1) is 19.8. The molecule has 0 aromatic rings. The van der Waals surface area contributed by atoms with Crippen molar-refractivity contribution >= 4 is 5.97 Å². The Bertz CT molecular complexity index is 349. The van der Waals surface area contributed by atoms with Crippen molar-refractivity contribution < 1.29 is 9.53 Å². The van der Waals surface area contributed by atoms with E-state index in [9.17, 15) is 4.79 Å². The third kappa shape index (κ3) is 6.08. The van der Waals surface area contributed by atoms with Gasteiger partial charge in [0.25, 0.3) is 0 Å². The summed E-state index contributed by atoms with van der Waals surface area (Å²) in [5, 5.41) is 0. The van der Waals surface area contributed by atoms with Crippen LogP contribution in [0.25, 0.3) is 0 Å². The second-order valence-electron chi connectivity index (χ2n) is 8.68. The van der Waals surface area contributed by atoms with E-state index >= 15 is 0 Å². The van der Waals surface area contributed by atoms with Gasteiger partial charge in [0.15, 0.2) is 0 Å². The van der Waals surface area contributed by atoms with Gasteiger partial charge in [-0.3, -0.25) is 4.79 Å². The van der Waals surface area contributed by atoms with Crippen LogP contribution in [0.1, 0.15) is 97.8 Å². The molecule has 2 nitrogen and oxygen atoms in total. The lowest BCUT2D eigenvalue weighted by Gasteiger charge is -2.37. The van der Waals surface area contributed by atoms with Gasteiger partial charge in [0, 0.05) is 0 Å². The maximum Gasteiger partial charge on any atom is 0.308 e. The first-order chi connectivity index (χ1) is 11.6. The van der Waals surface area contributed by atoms with Crippen molar-refractivity contribution in [2.75, 3.05) is 6.61 Å². The van der Waals surface area contributed by atoms with Crippen LogP contribution in [0.5, 0.6) is 0 Å². The Kier molecular flexibility index (Phi) is 8.62. The smallest absolute Gasteiger partial charge is 0.308 e. The van der Waals surface area contributed by atoms with Gasteiger partial charge in [-0.15, -0.1) is 0 Å². The second-order valence-corrected chi connectivity index (χ2v) is 8.68. The highest BCUT2D eigenvalue weighted by molar-refractivity contribution is 5.72. The minimum absolute atomic E-state index is 0.0806. The summed E-state index contributed by atoms with van der Waals surface area (Å²) in [5.41, 5.74) is 0. The average Bonchev–Trinajstić information content (AvgIpc) is 2.64.